The Morgan fingerprint density at radius 2 is 2.29 bits per heavy atom. The molecule has 3 rings (SSSR count). The molecular weight excluding hydrogens is 268 g/mol. The van der Waals surface area contributed by atoms with E-state index in [-0.39, 0.29) is 5.97 Å². The fourth-order valence-corrected chi connectivity index (χ4v) is 2.63. The van der Waals surface area contributed by atoms with Crippen LogP contribution < -0.4 is 5.32 Å². The number of carbonyl (C=O) groups is 1. The molecule has 0 aromatic carbocycles. The molecule has 1 aliphatic rings. The number of carbonyl (C=O) groups excluding carboxylic acids is 1. The van der Waals surface area contributed by atoms with Crippen molar-refractivity contribution in [2.45, 2.75) is 33.2 Å². The van der Waals surface area contributed by atoms with E-state index in [0.29, 0.717) is 24.1 Å². The summed E-state index contributed by atoms with van der Waals surface area (Å²) in [6.07, 6.45) is 2.70. The lowest BCUT2D eigenvalue weighted by Crippen LogP contribution is -2.13. The van der Waals surface area contributed by atoms with Crippen molar-refractivity contribution in [2.24, 2.45) is 13.0 Å². The van der Waals surface area contributed by atoms with E-state index in [0.717, 1.165) is 28.8 Å². The first kappa shape index (κ1) is 13.9. The zero-order valence-corrected chi connectivity index (χ0v) is 12.8. The Balaban J connectivity index is 2.14. The third-order valence-corrected chi connectivity index (χ3v) is 3.96. The molecule has 0 spiro atoms. The van der Waals surface area contributed by atoms with Crippen LogP contribution >= 0.6 is 0 Å². The minimum atomic E-state index is -0.342. The highest BCUT2D eigenvalue weighted by Gasteiger charge is 2.34. The third kappa shape index (κ3) is 2.34. The molecule has 2 unspecified atom stereocenters. The Kier molecular flexibility index (Phi) is 3.31. The largest absolute Gasteiger partial charge is 0.462 e. The maximum Gasteiger partial charge on any atom is 0.341 e. The van der Waals surface area contributed by atoms with Gasteiger partial charge in [0.05, 0.1) is 23.4 Å². The van der Waals surface area contributed by atoms with Crippen LogP contribution in [-0.2, 0) is 11.8 Å². The standard InChI is InChI=1S/C15H20N4O2/c1-5-21-15(20)10-7-16-14-12(9(3)18-19(14)4)13(10)17-11-6-8(11)2/h7-8,11H,5-6H2,1-4H3,(H,16,17). The molecular formula is C15H20N4O2. The Labute approximate surface area is 123 Å². The van der Waals surface area contributed by atoms with Crippen molar-refractivity contribution in [2.75, 3.05) is 11.9 Å². The lowest BCUT2D eigenvalue weighted by atomic mass is 10.1. The van der Waals surface area contributed by atoms with Gasteiger partial charge >= 0.3 is 5.97 Å². The van der Waals surface area contributed by atoms with E-state index in [1.807, 2.05) is 14.0 Å². The zero-order valence-electron chi connectivity index (χ0n) is 12.8. The Morgan fingerprint density at radius 3 is 2.90 bits per heavy atom. The predicted molar refractivity (Wildman–Crippen MR) is 80.4 cm³/mol. The number of anilines is 1. The highest BCUT2D eigenvalue weighted by molar-refractivity contribution is 6.05. The fraction of sp³-hybridized carbons (Fsp3) is 0.533. The Morgan fingerprint density at radius 1 is 1.57 bits per heavy atom. The van der Waals surface area contributed by atoms with Crippen molar-refractivity contribution in [3.8, 4) is 0 Å². The molecule has 0 saturated heterocycles. The summed E-state index contributed by atoms with van der Waals surface area (Å²) >= 11 is 0. The van der Waals surface area contributed by atoms with E-state index in [1.165, 1.54) is 0 Å². The molecule has 2 aromatic heterocycles. The van der Waals surface area contributed by atoms with E-state index in [1.54, 1.807) is 17.8 Å². The molecule has 1 aliphatic carbocycles. The van der Waals surface area contributed by atoms with Crippen LogP contribution in [0.15, 0.2) is 6.20 Å². The summed E-state index contributed by atoms with van der Waals surface area (Å²) in [6.45, 7) is 6.27. The van der Waals surface area contributed by atoms with Crippen LogP contribution in [0, 0.1) is 12.8 Å². The molecule has 2 heterocycles. The van der Waals surface area contributed by atoms with Gasteiger partial charge in [-0.15, -0.1) is 0 Å². The number of fused-ring (bicyclic) bond motifs is 1. The summed E-state index contributed by atoms with van der Waals surface area (Å²) in [5.41, 5.74) is 2.93. The van der Waals surface area contributed by atoms with Gasteiger partial charge in [-0.1, -0.05) is 6.92 Å². The van der Waals surface area contributed by atoms with Crippen LogP contribution in [0.2, 0.25) is 0 Å². The van der Waals surface area contributed by atoms with E-state index < -0.39 is 0 Å². The normalized spacial score (nSPS) is 20.6. The summed E-state index contributed by atoms with van der Waals surface area (Å²) < 4.78 is 6.88. The first-order valence-electron chi connectivity index (χ1n) is 7.28. The number of hydrogen-bond acceptors (Lipinski definition) is 5. The average Bonchev–Trinajstić information content (AvgIpc) is 3.04. The van der Waals surface area contributed by atoms with Gasteiger partial charge in [-0.05, 0) is 26.2 Å². The molecule has 1 N–H and O–H groups in total. The first-order valence-corrected chi connectivity index (χ1v) is 7.28. The number of aromatic nitrogens is 3. The number of esters is 1. The Bertz CT molecular complexity index is 707. The molecule has 6 nitrogen and oxygen atoms in total. The molecule has 112 valence electrons. The maximum atomic E-state index is 12.2. The molecule has 1 fully saturated rings. The van der Waals surface area contributed by atoms with E-state index in [9.17, 15) is 4.79 Å². The molecule has 0 radical (unpaired) electrons. The van der Waals surface area contributed by atoms with Crippen LogP contribution in [0.5, 0.6) is 0 Å². The third-order valence-electron chi connectivity index (χ3n) is 3.96. The number of aryl methyl sites for hydroxylation is 2. The van der Waals surface area contributed by atoms with Crippen molar-refractivity contribution in [3.05, 3.63) is 17.5 Å². The van der Waals surface area contributed by atoms with Crippen LogP contribution in [-0.4, -0.2) is 33.4 Å². The van der Waals surface area contributed by atoms with E-state index >= 15 is 0 Å². The minimum absolute atomic E-state index is 0.342. The molecule has 2 atom stereocenters. The second kappa shape index (κ2) is 5.02. The van der Waals surface area contributed by atoms with Crippen LogP contribution in [0.4, 0.5) is 5.69 Å². The number of nitrogens with zero attached hydrogens (tertiary/aromatic N) is 3. The quantitative estimate of drug-likeness (QED) is 0.874. The summed E-state index contributed by atoms with van der Waals surface area (Å²) in [5.74, 6) is 0.284. The second-order valence-corrected chi connectivity index (χ2v) is 5.64. The second-order valence-electron chi connectivity index (χ2n) is 5.64. The van der Waals surface area contributed by atoms with Crippen LogP contribution in [0.3, 0.4) is 0 Å². The summed E-state index contributed by atoms with van der Waals surface area (Å²) in [7, 11) is 1.86. The lowest BCUT2D eigenvalue weighted by Gasteiger charge is -2.12. The predicted octanol–water partition coefficient (Wildman–Crippen LogP) is 2.27. The molecule has 6 heteroatoms. The average molecular weight is 288 g/mol. The van der Waals surface area contributed by atoms with Gasteiger partial charge in [0.2, 0.25) is 0 Å². The van der Waals surface area contributed by atoms with Gasteiger partial charge in [-0.2, -0.15) is 5.10 Å². The van der Waals surface area contributed by atoms with Crippen molar-refractivity contribution >= 4 is 22.7 Å². The van der Waals surface area contributed by atoms with Gasteiger partial charge in [0.1, 0.15) is 5.56 Å². The number of hydrogen-bond donors (Lipinski definition) is 1. The monoisotopic (exact) mass is 288 g/mol. The maximum absolute atomic E-state index is 12.2. The smallest absolute Gasteiger partial charge is 0.341 e. The summed E-state index contributed by atoms with van der Waals surface area (Å²) in [4.78, 5) is 16.6. The Hall–Kier alpha value is -2.11. The fourth-order valence-electron chi connectivity index (χ4n) is 2.63. The zero-order chi connectivity index (χ0) is 15.1. The van der Waals surface area contributed by atoms with Gasteiger partial charge in [-0.25, -0.2) is 9.78 Å². The molecule has 1 saturated carbocycles. The molecule has 21 heavy (non-hydrogen) atoms. The van der Waals surface area contributed by atoms with Crippen LogP contribution in [0.1, 0.15) is 36.3 Å². The van der Waals surface area contributed by atoms with Crippen molar-refractivity contribution in [3.63, 3.8) is 0 Å². The highest BCUT2D eigenvalue weighted by Crippen LogP contribution is 2.37. The number of nitrogens with one attached hydrogen (secondary N) is 1. The highest BCUT2D eigenvalue weighted by atomic mass is 16.5. The van der Waals surface area contributed by atoms with Crippen molar-refractivity contribution in [1.29, 1.82) is 0 Å². The topological polar surface area (TPSA) is 69.0 Å². The molecule has 0 aliphatic heterocycles. The molecule has 0 amide bonds. The summed E-state index contributed by atoms with van der Waals surface area (Å²) in [6, 6.07) is 0.406. The van der Waals surface area contributed by atoms with Gasteiger partial charge in [0.15, 0.2) is 5.65 Å². The van der Waals surface area contributed by atoms with Gasteiger partial charge in [0.25, 0.3) is 0 Å². The summed E-state index contributed by atoms with van der Waals surface area (Å²) in [5, 5.41) is 8.79. The van der Waals surface area contributed by atoms with Crippen LogP contribution in [0.25, 0.3) is 11.0 Å². The number of rotatable bonds is 4. The van der Waals surface area contributed by atoms with E-state index in [4.69, 9.17) is 4.74 Å². The van der Waals surface area contributed by atoms with Gasteiger partial charge in [-0.3, -0.25) is 4.68 Å². The van der Waals surface area contributed by atoms with Gasteiger partial charge in [0, 0.05) is 19.3 Å². The van der Waals surface area contributed by atoms with Crippen molar-refractivity contribution in [1.82, 2.24) is 14.8 Å². The minimum Gasteiger partial charge on any atom is -0.462 e. The lowest BCUT2D eigenvalue weighted by molar-refractivity contribution is 0.0527. The van der Waals surface area contributed by atoms with Gasteiger partial charge < -0.3 is 10.1 Å². The number of ether oxygens (including phenoxy) is 1. The van der Waals surface area contributed by atoms with E-state index in [2.05, 4.69) is 22.3 Å². The molecule has 2 aromatic rings. The SMILES string of the molecule is CCOC(=O)c1cnc2c(c(C)nn2C)c1NC1CC1C. The molecule has 0 bridgehead atoms. The van der Waals surface area contributed by atoms with Crippen molar-refractivity contribution < 1.29 is 9.53 Å². The first-order chi connectivity index (χ1) is 10.0. The number of pyridine rings is 1.